The molecule has 3 rings (SSSR count). The molecular formula is C23H15Br2N3O4. The normalized spacial score (nSPS) is 10.8. The lowest BCUT2D eigenvalue weighted by atomic mass is 10.1. The van der Waals surface area contributed by atoms with E-state index >= 15 is 0 Å². The number of rotatable bonds is 7. The van der Waals surface area contributed by atoms with Crippen molar-refractivity contribution in [1.82, 2.24) is 0 Å². The molecule has 32 heavy (non-hydrogen) atoms. The third-order valence-corrected chi connectivity index (χ3v) is 5.56. The minimum absolute atomic E-state index is 0.167. The fraction of sp³-hybridized carbons (Fsp3) is 0.0435. The van der Waals surface area contributed by atoms with E-state index in [1.807, 2.05) is 30.3 Å². The zero-order valence-electron chi connectivity index (χ0n) is 16.4. The Balaban J connectivity index is 1.84. The second-order valence-corrected chi connectivity index (χ2v) is 8.26. The summed E-state index contributed by atoms with van der Waals surface area (Å²) in [6, 6.07) is 20.3. The van der Waals surface area contributed by atoms with Crippen LogP contribution < -0.4 is 10.1 Å². The van der Waals surface area contributed by atoms with Gasteiger partial charge in [-0.1, -0.05) is 56.1 Å². The van der Waals surface area contributed by atoms with E-state index in [0.717, 1.165) is 14.5 Å². The maximum atomic E-state index is 12.6. The molecule has 3 aromatic rings. The summed E-state index contributed by atoms with van der Waals surface area (Å²) in [5.74, 6) is -0.204. The van der Waals surface area contributed by atoms with Gasteiger partial charge >= 0.3 is 0 Å². The van der Waals surface area contributed by atoms with Gasteiger partial charge in [-0.05, 0) is 36.4 Å². The van der Waals surface area contributed by atoms with Crippen LogP contribution in [0.1, 0.15) is 11.1 Å². The number of carbonyl (C=O) groups is 1. The average Bonchev–Trinajstić information content (AvgIpc) is 2.78. The predicted molar refractivity (Wildman–Crippen MR) is 128 cm³/mol. The lowest BCUT2D eigenvalue weighted by Gasteiger charge is -2.11. The van der Waals surface area contributed by atoms with E-state index in [9.17, 15) is 20.2 Å². The smallest absolute Gasteiger partial charge is 0.271 e. The fourth-order valence-electron chi connectivity index (χ4n) is 2.73. The third kappa shape index (κ3) is 6.03. The van der Waals surface area contributed by atoms with Crippen molar-refractivity contribution in [2.75, 3.05) is 5.32 Å². The van der Waals surface area contributed by atoms with Crippen LogP contribution in [0.2, 0.25) is 0 Å². The first-order chi connectivity index (χ1) is 15.4. The van der Waals surface area contributed by atoms with Gasteiger partial charge in [-0.2, -0.15) is 5.26 Å². The summed E-state index contributed by atoms with van der Waals surface area (Å²) in [5, 5.41) is 23.0. The van der Waals surface area contributed by atoms with Crippen molar-refractivity contribution in [2.24, 2.45) is 0 Å². The van der Waals surface area contributed by atoms with Crippen molar-refractivity contribution in [3.05, 3.63) is 102 Å². The zero-order valence-corrected chi connectivity index (χ0v) is 19.6. The molecule has 0 aliphatic carbocycles. The first-order valence-corrected chi connectivity index (χ1v) is 10.8. The molecule has 0 spiro atoms. The Labute approximate surface area is 200 Å². The van der Waals surface area contributed by atoms with Gasteiger partial charge in [0.2, 0.25) is 0 Å². The number of hydrogen-bond donors (Lipinski definition) is 1. The molecule has 9 heteroatoms. The van der Waals surface area contributed by atoms with Crippen LogP contribution in [0, 0.1) is 21.4 Å². The molecule has 0 aliphatic rings. The molecule has 0 aliphatic heterocycles. The molecule has 160 valence electrons. The average molecular weight is 557 g/mol. The second kappa shape index (κ2) is 10.7. The van der Waals surface area contributed by atoms with Crippen LogP contribution in [0.4, 0.5) is 11.4 Å². The molecule has 0 saturated carbocycles. The SMILES string of the molecule is N#C/C(=C\c1cc(Br)ccc1OCc1ccccc1Br)C(=O)Nc1cccc([N+](=O)[O-])c1. The Bertz CT molecular complexity index is 1250. The third-order valence-electron chi connectivity index (χ3n) is 4.29. The summed E-state index contributed by atoms with van der Waals surface area (Å²) < 4.78 is 7.58. The molecule has 1 amide bonds. The number of ether oxygens (including phenoxy) is 1. The standard InChI is InChI=1S/C23H15Br2N3O4/c24-18-8-9-22(32-14-15-4-1-2-7-21(15)25)16(11-18)10-17(13-26)23(29)27-19-5-3-6-20(12-19)28(30)31/h1-12H,14H2,(H,27,29)/b17-10+. The van der Waals surface area contributed by atoms with Crippen molar-refractivity contribution < 1.29 is 14.5 Å². The molecule has 0 bridgehead atoms. The molecule has 1 N–H and O–H groups in total. The Morgan fingerprint density at radius 2 is 1.91 bits per heavy atom. The first kappa shape index (κ1) is 23.2. The number of nitrogens with one attached hydrogen (secondary N) is 1. The molecule has 0 unspecified atom stereocenters. The number of halogens is 2. The number of nitriles is 1. The first-order valence-electron chi connectivity index (χ1n) is 9.20. The van der Waals surface area contributed by atoms with E-state index in [4.69, 9.17) is 4.74 Å². The number of non-ortho nitro benzene ring substituents is 1. The number of carbonyl (C=O) groups excluding carboxylic acids is 1. The van der Waals surface area contributed by atoms with E-state index in [0.29, 0.717) is 11.3 Å². The number of nitro benzene ring substituents is 1. The molecule has 0 aromatic heterocycles. The van der Waals surface area contributed by atoms with E-state index in [2.05, 4.69) is 37.2 Å². The number of nitrogens with zero attached hydrogens (tertiary/aromatic N) is 2. The lowest BCUT2D eigenvalue weighted by Crippen LogP contribution is -2.13. The Kier molecular flexibility index (Phi) is 7.76. The predicted octanol–water partition coefficient (Wildman–Crippen LogP) is 6.24. The Morgan fingerprint density at radius 1 is 1.12 bits per heavy atom. The van der Waals surface area contributed by atoms with Crippen molar-refractivity contribution in [2.45, 2.75) is 6.61 Å². The molecule has 0 saturated heterocycles. The van der Waals surface area contributed by atoms with E-state index in [1.54, 1.807) is 18.2 Å². The monoisotopic (exact) mass is 555 g/mol. The lowest BCUT2D eigenvalue weighted by molar-refractivity contribution is -0.384. The minimum atomic E-state index is -0.690. The number of nitro groups is 1. The van der Waals surface area contributed by atoms with Gasteiger partial charge in [0.25, 0.3) is 11.6 Å². The Hall–Kier alpha value is -3.48. The molecule has 0 atom stereocenters. The zero-order chi connectivity index (χ0) is 23.1. The van der Waals surface area contributed by atoms with E-state index < -0.39 is 10.8 Å². The van der Waals surface area contributed by atoms with Gasteiger partial charge in [-0.15, -0.1) is 0 Å². The fourth-order valence-corrected chi connectivity index (χ4v) is 3.51. The van der Waals surface area contributed by atoms with Crippen molar-refractivity contribution >= 4 is 55.2 Å². The van der Waals surface area contributed by atoms with Crippen LogP contribution in [0.15, 0.2) is 81.2 Å². The van der Waals surface area contributed by atoms with Crippen molar-refractivity contribution in [3.8, 4) is 11.8 Å². The van der Waals surface area contributed by atoms with Crippen molar-refractivity contribution in [3.63, 3.8) is 0 Å². The number of benzene rings is 3. The van der Waals surface area contributed by atoms with E-state index in [-0.39, 0.29) is 23.6 Å². The van der Waals surface area contributed by atoms with Crippen LogP contribution in [0.3, 0.4) is 0 Å². The van der Waals surface area contributed by atoms with Gasteiger partial charge in [0.15, 0.2) is 0 Å². The van der Waals surface area contributed by atoms with Gasteiger partial charge in [0.1, 0.15) is 24.0 Å². The number of hydrogen-bond acceptors (Lipinski definition) is 5. The molecule has 0 radical (unpaired) electrons. The van der Waals surface area contributed by atoms with Gasteiger partial charge < -0.3 is 10.1 Å². The molecule has 0 heterocycles. The number of anilines is 1. The summed E-state index contributed by atoms with van der Waals surface area (Å²) in [6.07, 6.45) is 1.41. The summed E-state index contributed by atoms with van der Waals surface area (Å²) in [7, 11) is 0. The minimum Gasteiger partial charge on any atom is -0.488 e. The van der Waals surface area contributed by atoms with Crippen LogP contribution in [-0.2, 0) is 11.4 Å². The highest BCUT2D eigenvalue weighted by molar-refractivity contribution is 9.10. The number of amides is 1. The highest BCUT2D eigenvalue weighted by atomic mass is 79.9. The van der Waals surface area contributed by atoms with Gasteiger partial charge in [0, 0.05) is 37.9 Å². The molecular weight excluding hydrogens is 542 g/mol. The highest BCUT2D eigenvalue weighted by Gasteiger charge is 2.14. The van der Waals surface area contributed by atoms with Crippen LogP contribution in [0.5, 0.6) is 5.75 Å². The van der Waals surface area contributed by atoms with Gasteiger partial charge in [-0.25, -0.2) is 0 Å². The van der Waals surface area contributed by atoms with Gasteiger partial charge in [-0.3, -0.25) is 14.9 Å². The summed E-state index contributed by atoms with van der Waals surface area (Å²) >= 11 is 6.87. The summed E-state index contributed by atoms with van der Waals surface area (Å²) in [4.78, 5) is 23.0. The highest BCUT2D eigenvalue weighted by Crippen LogP contribution is 2.28. The van der Waals surface area contributed by atoms with Crippen LogP contribution in [-0.4, -0.2) is 10.8 Å². The second-order valence-electron chi connectivity index (χ2n) is 6.49. The maximum Gasteiger partial charge on any atom is 0.271 e. The molecule has 0 fully saturated rings. The quantitative estimate of drug-likeness (QED) is 0.160. The molecule has 7 nitrogen and oxygen atoms in total. The van der Waals surface area contributed by atoms with Crippen molar-refractivity contribution in [1.29, 1.82) is 5.26 Å². The van der Waals surface area contributed by atoms with Crippen LogP contribution >= 0.6 is 31.9 Å². The summed E-state index contributed by atoms with van der Waals surface area (Å²) in [5.41, 5.74) is 1.33. The van der Waals surface area contributed by atoms with Gasteiger partial charge in [0.05, 0.1) is 4.92 Å². The maximum absolute atomic E-state index is 12.6. The largest absolute Gasteiger partial charge is 0.488 e. The topological polar surface area (TPSA) is 105 Å². The molecule has 3 aromatic carbocycles. The summed E-state index contributed by atoms with van der Waals surface area (Å²) in [6.45, 7) is 0.283. The van der Waals surface area contributed by atoms with E-state index in [1.165, 1.54) is 30.3 Å². The van der Waals surface area contributed by atoms with Crippen LogP contribution in [0.25, 0.3) is 6.08 Å². The Morgan fingerprint density at radius 3 is 2.62 bits per heavy atom.